The van der Waals surface area contributed by atoms with E-state index in [-0.39, 0.29) is 0 Å². The van der Waals surface area contributed by atoms with E-state index in [2.05, 4.69) is 18.3 Å². The fourth-order valence-electron chi connectivity index (χ4n) is 1.84. The van der Waals surface area contributed by atoms with Gasteiger partial charge in [-0.2, -0.15) is 0 Å². The fraction of sp³-hybridized carbons (Fsp3) is 0.636. The zero-order valence-corrected chi connectivity index (χ0v) is 10.4. The van der Waals surface area contributed by atoms with Gasteiger partial charge in [-0.05, 0) is 31.9 Å². The highest BCUT2D eigenvalue weighted by molar-refractivity contribution is 7.16. The maximum absolute atomic E-state index is 5.85. The molecule has 1 N–H and O–H groups in total. The Morgan fingerprint density at radius 2 is 2.40 bits per heavy atom. The average molecular weight is 246 g/mol. The van der Waals surface area contributed by atoms with Crippen LogP contribution in [0.5, 0.6) is 0 Å². The van der Waals surface area contributed by atoms with Crippen LogP contribution in [-0.2, 0) is 11.3 Å². The molecule has 0 bridgehead atoms. The van der Waals surface area contributed by atoms with Crippen LogP contribution < -0.4 is 5.32 Å². The minimum absolute atomic E-state index is 0.399. The number of nitrogens with one attached hydrogen (secondary N) is 1. The normalized spacial score (nSPS) is 26.0. The molecule has 0 saturated carbocycles. The predicted molar refractivity (Wildman–Crippen MR) is 64.6 cm³/mol. The van der Waals surface area contributed by atoms with Crippen LogP contribution in [0, 0.1) is 0 Å². The lowest BCUT2D eigenvalue weighted by atomic mass is 10.2. The fourth-order valence-corrected chi connectivity index (χ4v) is 2.90. The quantitative estimate of drug-likeness (QED) is 0.881. The largest absolute Gasteiger partial charge is 0.374 e. The van der Waals surface area contributed by atoms with Crippen LogP contribution in [0.4, 0.5) is 0 Å². The molecular weight excluding hydrogens is 230 g/mol. The third kappa shape index (κ3) is 3.45. The topological polar surface area (TPSA) is 21.3 Å². The van der Waals surface area contributed by atoms with Crippen molar-refractivity contribution >= 4 is 22.9 Å². The molecule has 0 radical (unpaired) electrons. The molecule has 1 fully saturated rings. The first kappa shape index (κ1) is 11.4. The van der Waals surface area contributed by atoms with Crippen LogP contribution in [0.25, 0.3) is 0 Å². The highest BCUT2D eigenvalue weighted by atomic mass is 35.5. The van der Waals surface area contributed by atoms with Gasteiger partial charge in [0.1, 0.15) is 0 Å². The molecule has 2 heterocycles. The van der Waals surface area contributed by atoms with Crippen LogP contribution in [0.15, 0.2) is 12.1 Å². The molecule has 1 aromatic rings. The summed E-state index contributed by atoms with van der Waals surface area (Å²) in [6.45, 7) is 3.98. The van der Waals surface area contributed by atoms with E-state index in [1.165, 1.54) is 17.7 Å². The van der Waals surface area contributed by atoms with Crippen molar-refractivity contribution in [3.8, 4) is 0 Å². The summed E-state index contributed by atoms with van der Waals surface area (Å²) in [4.78, 5) is 1.28. The van der Waals surface area contributed by atoms with Crippen LogP contribution in [0.3, 0.4) is 0 Å². The second-order valence-electron chi connectivity index (χ2n) is 3.98. The van der Waals surface area contributed by atoms with Gasteiger partial charge in [-0.15, -0.1) is 11.3 Å². The van der Waals surface area contributed by atoms with E-state index >= 15 is 0 Å². The molecule has 1 aliphatic rings. The summed E-state index contributed by atoms with van der Waals surface area (Å²) >= 11 is 7.48. The molecule has 1 saturated heterocycles. The third-order valence-corrected chi connectivity index (χ3v) is 3.85. The van der Waals surface area contributed by atoms with Crippen LogP contribution in [0.1, 0.15) is 24.6 Å². The first-order valence-corrected chi connectivity index (χ1v) is 6.54. The Hall–Kier alpha value is -0.0900. The van der Waals surface area contributed by atoms with Gasteiger partial charge < -0.3 is 10.1 Å². The standard InChI is InChI=1S/C11H16ClNOS/c1-8-2-3-9(14-8)6-13-7-10-4-5-11(12)15-10/h4-5,8-9,13H,2-3,6-7H2,1H3. The van der Waals surface area contributed by atoms with Gasteiger partial charge in [0.15, 0.2) is 0 Å². The molecule has 84 valence electrons. The van der Waals surface area contributed by atoms with Crippen LogP contribution >= 0.6 is 22.9 Å². The summed E-state index contributed by atoms with van der Waals surface area (Å²) in [5.41, 5.74) is 0. The molecule has 2 unspecified atom stereocenters. The van der Waals surface area contributed by atoms with Gasteiger partial charge in [0.25, 0.3) is 0 Å². The predicted octanol–water partition coefficient (Wildman–Crippen LogP) is 3.06. The van der Waals surface area contributed by atoms with E-state index in [4.69, 9.17) is 16.3 Å². The van der Waals surface area contributed by atoms with Crippen molar-refractivity contribution in [2.24, 2.45) is 0 Å². The van der Waals surface area contributed by atoms with Crippen molar-refractivity contribution in [2.45, 2.75) is 38.5 Å². The lowest BCUT2D eigenvalue weighted by Gasteiger charge is -2.11. The second kappa shape index (κ2) is 5.30. The van der Waals surface area contributed by atoms with Gasteiger partial charge >= 0.3 is 0 Å². The molecule has 0 spiro atoms. The minimum Gasteiger partial charge on any atom is -0.374 e. The number of rotatable bonds is 4. The molecule has 0 aliphatic carbocycles. The molecule has 1 aromatic heterocycles. The molecule has 1 aliphatic heterocycles. The maximum Gasteiger partial charge on any atom is 0.0931 e. The summed E-state index contributed by atoms with van der Waals surface area (Å²) in [6.07, 6.45) is 3.21. The number of hydrogen-bond donors (Lipinski definition) is 1. The molecule has 15 heavy (non-hydrogen) atoms. The summed E-state index contributed by atoms with van der Waals surface area (Å²) in [5.74, 6) is 0. The van der Waals surface area contributed by atoms with E-state index in [0.29, 0.717) is 12.2 Å². The van der Waals surface area contributed by atoms with Gasteiger partial charge in [0.05, 0.1) is 16.5 Å². The minimum atomic E-state index is 0.399. The van der Waals surface area contributed by atoms with Gasteiger partial charge in [0, 0.05) is 18.0 Å². The number of hydrogen-bond acceptors (Lipinski definition) is 3. The smallest absolute Gasteiger partial charge is 0.0931 e. The lowest BCUT2D eigenvalue weighted by molar-refractivity contribution is 0.0559. The molecule has 2 atom stereocenters. The Labute approximate surface area is 99.6 Å². The van der Waals surface area contributed by atoms with Crippen molar-refractivity contribution in [1.82, 2.24) is 5.32 Å². The Bertz CT molecular complexity index is 315. The van der Waals surface area contributed by atoms with E-state index in [1.807, 2.05) is 6.07 Å². The second-order valence-corrected chi connectivity index (χ2v) is 5.78. The average Bonchev–Trinajstić information content (AvgIpc) is 2.76. The summed E-state index contributed by atoms with van der Waals surface area (Å²) < 4.78 is 6.58. The number of ether oxygens (including phenoxy) is 1. The first-order valence-electron chi connectivity index (χ1n) is 5.34. The highest BCUT2D eigenvalue weighted by Crippen LogP contribution is 2.21. The number of thiophene rings is 1. The van der Waals surface area contributed by atoms with Crippen molar-refractivity contribution in [3.63, 3.8) is 0 Å². The van der Waals surface area contributed by atoms with Gasteiger partial charge in [-0.3, -0.25) is 0 Å². The zero-order chi connectivity index (χ0) is 10.7. The Morgan fingerprint density at radius 1 is 1.53 bits per heavy atom. The van der Waals surface area contributed by atoms with Gasteiger partial charge in [-0.25, -0.2) is 0 Å². The Morgan fingerprint density at radius 3 is 3.00 bits per heavy atom. The molecule has 0 aromatic carbocycles. The summed E-state index contributed by atoms with van der Waals surface area (Å²) in [7, 11) is 0. The van der Waals surface area contributed by atoms with E-state index in [0.717, 1.165) is 17.4 Å². The Kier molecular flexibility index (Phi) is 4.03. The van der Waals surface area contributed by atoms with Crippen molar-refractivity contribution < 1.29 is 4.74 Å². The summed E-state index contributed by atoms with van der Waals surface area (Å²) in [5, 5.41) is 3.40. The zero-order valence-electron chi connectivity index (χ0n) is 8.83. The first-order chi connectivity index (χ1) is 7.24. The third-order valence-electron chi connectivity index (χ3n) is 2.62. The van der Waals surface area contributed by atoms with E-state index in [9.17, 15) is 0 Å². The molecule has 4 heteroatoms. The maximum atomic E-state index is 5.85. The van der Waals surface area contributed by atoms with E-state index < -0.39 is 0 Å². The molecular formula is C11H16ClNOS. The number of halogens is 1. The van der Waals surface area contributed by atoms with Crippen LogP contribution in [0.2, 0.25) is 4.34 Å². The molecule has 0 amide bonds. The van der Waals surface area contributed by atoms with Crippen LogP contribution in [-0.4, -0.2) is 18.8 Å². The van der Waals surface area contributed by atoms with Crippen molar-refractivity contribution in [2.75, 3.05) is 6.54 Å². The SMILES string of the molecule is CC1CCC(CNCc2ccc(Cl)s2)O1. The lowest BCUT2D eigenvalue weighted by Crippen LogP contribution is -2.26. The highest BCUT2D eigenvalue weighted by Gasteiger charge is 2.20. The molecule has 2 nitrogen and oxygen atoms in total. The van der Waals surface area contributed by atoms with Gasteiger partial charge in [-0.1, -0.05) is 11.6 Å². The summed E-state index contributed by atoms with van der Waals surface area (Å²) in [6, 6.07) is 4.01. The van der Waals surface area contributed by atoms with Crippen molar-refractivity contribution in [1.29, 1.82) is 0 Å². The van der Waals surface area contributed by atoms with Gasteiger partial charge in [0.2, 0.25) is 0 Å². The Balaban J connectivity index is 1.67. The van der Waals surface area contributed by atoms with Crippen molar-refractivity contribution in [3.05, 3.63) is 21.3 Å². The monoisotopic (exact) mass is 245 g/mol. The van der Waals surface area contributed by atoms with E-state index in [1.54, 1.807) is 11.3 Å². The molecule has 2 rings (SSSR count).